The SMILES string of the molecule is CCNS(=O)(=O)c1ccc(CCC(=O)NCc2ccccc2OC)cc1. The number of carbonyl (C=O) groups excluding carboxylic acids is 1. The molecule has 2 aromatic rings. The molecule has 1 amide bonds. The van der Waals surface area contributed by atoms with E-state index in [0.29, 0.717) is 25.9 Å². The van der Waals surface area contributed by atoms with Gasteiger partial charge in [0.2, 0.25) is 15.9 Å². The third kappa shape index (κ3) is 5.57. The van der Waals surface area contributed by atoms with E-state index in [1.807, 2.05) is 24.3 Å². The minimum atomic E-state index is -3.45. The van der Waals surface area contributed by atoms with Crippen molar-refractivity contribution in [3.05, 3.63) is 59.7 Å². The van der Waals surface area contributed by atoms with Crippen LogP contribution in [0.25, 0.3) is 0 Å². The summed E-state index contributed by atoms with van der Waals surface area (Å²) in [4.78, 5) is 12.3. The van der Waals surface area contributed by atoms with Crippen LogP contribution in [-0.2, 0) is 27.8 Å². The molecule has 0 fully saturated rings. The zero-order valence-corrected chi connectivity index (χ0v) is 15.8. The van der Waals surface area contributed by atoms with Crippen LogP contribution < -0.4 is 14.8 Å². The fraction of sp³-hybridized carbons (Fsp3) is 0.316. The van der Waals surface area contributed by atoms with E-state index in [9.17, 15) is 13.2 Å². The van der Waals surface area contributed by atoms with Gasteiger partial charge in [-0.25, -0.2) is 13.1 Å². The minimum Gasteiger partial charge on any atom is -0.496 e. The van der Waals surface area contributed by atoms with E-state index in [2.05, 4.69) is 10.0 Å². The quantitative estimate of drug-likeness (QED) is 0.703. The van der Waals surface area contributed by atoms with Crippen LogP contribution in [0.1, 0.15) is 24.5 Å². The van der Waals surface area contributed by atoms with Crippen LogP contribution >= 0.6 is 0 Å². The molecule has 0 aromatic heterocycles. The maximum absolute atomic E-state index is 12.0. The third-order valence-electron chi connectivity index (χ3n) is 3.88. The van der Waals surface area contributed by atoms with Crippen molar-refractivity contribution in [1.82, 2.24) is 10.0 Å². The van der Waals surface area contributed by atoms with Gasteiger partial charge in [-0.3, -0.25) is 4.79 Å². The largest absolute Gasteiger partial charge is 0.496 e. The summed E-state index contributed by atoms with van der Waals surface area (Å²) in [5.41, 5.74) is 1.83. The lowest BCUT2D eigenvalue weighted by molar-refractivity contribution is -0.121. The van der Waals surface area contributed by atoms with Crippen molar-refractivity contribution in [3.8, 4) is 5.75 Å². The van der Waals surface area contributed by atoms with Crippen LogP contribution in [-0.4, -0.2) is 28.0 Å². The van der Waals surface area contributed by atoms with Crippen LogP contribution in [0, 0.1) is 0 Å². The van der Waals surface area contributed by atoms with Gasteiger partial charge in [0, 0.05) is 25.1 Å². The first-order valence-electron chi connectivity index (χ1n) is 8.43. The second kappa shape index (κ2) is 9.35. The normalized spacial score (nSPS) is 11.2. The molecule has 2 rings (SSSR count). The molecule has 140 valence electrons. The zero-order valence-electron chi connectivity index (χ0n) is 15.0. The smallest absolute Gasteiger partial charge is 0.240 e. The van der Waals surface area contributed by atoms with E-state index < -0.39 is 10.0 Å². The number of carbonyl (C=O) groups is 1. The minimum absolute atomic E-state index is 0.0692. The first kappa shape index (κ1) is 19.9. The number of para-hydroxylation sites is 1. The Kier molecular flexibility index (Phi) is 7.17. The molecule has 0 aliphatic heterocycles. The lowest BCUT2D eigenvalue weighted by atomic mass is 10.1. The van der Waals surface area contributed by atoms with E-state index in [4.69, 9.17) is 4.74 Å². The Balaban J connectivity index is 1.85. The first-order valence-corrected chi connectivity index (χ1v) is 9.91. The van der Waals surface area contributed by atoms with Crippen LogP contribution in [0.3, 0.4) is 0 Å². The molecule has 2 aromatic carbocycles. The second-order valence-corrected chi connectivity index (χ2v) is 7.50. The molecule has 0 spiro atoms. The molecule has 0 aliphatic rings. The first-order chi connectivity index (χ1) is 12.5. The molecular formula is C19H24N2O4S. The monoisotopic (exact) mass is 376 g/mol. The van der Waals surface area contributed by atoms with E-state index in [1.165, 1.54) is 0 Å². The Morgan fingerprint density at radius 2 is 1.77 bits per heavy atom. The Hall–Kier alpha value is -2.38. The summed E-state index contributed by atoms with van der Waals surface area (Å²) >= 11 is 0. The fourth-order valence-electron chi connectivity index (χ4n) is 2.50. The summed E-state index contributed by atoms with van der Waals surface area (Å²) in [7, 11) is -1.85. The summed E-state index contributed by atoms with van der Waals surface area (Å²) < 4.78 is 31.5. The van der Waals surface area contributed by atoms with E-state index >= 15 is 0 Å². The van der Waals surface area contributed by atoms with Crippen molar-refractivity contribution in [2.24, 2.45) is 0 Å². The molecule has 0 bridgehead atoms. The second-order valence-electron chi connectivity index (χ2n) is 5.73. The summed E-state index contributed by atoms with van der Waals surface area (Å²) in [6.45, 7) is 2.48. The highest BCUT2D eigenvalue weighted by Gasteiger charge is 2.12. The predicted molar refractivity (Wildman–Crippen MR) is 100 cm³/mol. The molecule has 0 radical (unpaired) electrons. The number of hydrogen-bond donors (Lipinski definition) is 2. The average molecular weight is 376 g/mol. The van der Waals surface area contributed by atoms with E-state index in [1.54, 1.807) is 38.3 Å². The molecule has 0 atom stereocenters. The van der Waals surface area contributed by atoms with Crippen LogP contribution in [0.2, 0.25) is 0 Å². The van der Waals surface area contributed by atoms with Crippen molar-refractivity contribution < 1.29 is 17.9 Å². The van der Waals surface area contributed by atoms with Crippen molar-refractivity contribution >= 4 is 15.9 Å². The van der Waals surface area contributed by atoms with Gasteiger partial charge in [0.05, 0.1) is 12.0 Å². The van der Waals surface area contributed by atoms with Crippen LogP contribution in [0.5, 0.6) is 5.75 Å². The maximum atomic E-state index is 12.0. The van der Waals surface area contributed by atoms with Crippen molar-refractivity contribution in [2.75, 3.05) is 13.7 Å². The van der Waals surface area contributed by atoms with Gasteiger partial charge in [-0.15, -0.1) is 0 Å². The van der Waals surface area contributed by atoms with Gasteiger partial charge in [0.1, 0.15) is 5.75 Å². The number of ether oxygens (including phenoxy) is 1. The number of benzene rings is 2. The molecule has 0 saturated carbocycles. The summed E-state index contributed by atoms with van der Waals surface area (Å²) in [6.07, 6.45) is 0.869. The van der Waals surface area contributed by atoms with Gasteiger partial charge in [-0.2, -0.15) is 0 Å². The van der Waals surface area contributed by atoms with Gasteiger partial charge in [0.25, 0.3) is 0 Å². The average Bonchev–Trinajstić information content (AvgIpc) is 2.65. The van der Waals surface area contributed by atoms with E-state index in [-0.39, 0.29) is 10.8 Å². The maximum Gasteiger partial charge on any atom is 0.240 e. The van der Waals surface area contributed by atoms with Gasteiger partial charge in [-0.1, -0.05) is 37.3 Å². The van der Waals surface area contributed by atoms with Gasteiger partial charge < -0.3 is 10.1 Å². The number of rotatable bonds is 9. The molecule has 7 heteroatoms. The summed E-state index contributed by atoms with van der Waals surface area (Å²) in [6, 6.07) is 14.1. The highest BCUT2D eigenvalue weighted by Crippen LogP contribution is 2.17. The highest BCUT2D eigenvalue weighted by molar-refractivity contribution is 7.89. The van der Waals surface area contributed by atoms with Crippen LogP contribution in [0.4, 0.5) is 0 Å². The van der Waals surface area contributed by atoms with Crippen molar-refractivity contribution in [3.63, 3.8) is 0 Å². The number of amides is 1. The molecule has 0 heterocycles. The molecule has 0 saturated heterocycles. The predicted octanol–water partition coefficient (Wildman–Crippen LogP) is 2.24. The standard InChI is InChI=1S/C19H24N2O4S/c1-3-21-26(23,24)17-11-8-15(9-12-17)10-13-19(22)20-14-16-6-4-5-7-18(16)25-2/h4-9,11-12,21H,3,10,13-14H2,1-2H3,(H,20,22). The number of nitrogens with one attached hydrogen (secondary N) is 2. The highest BCUT2D eigenvalue weighted by atomic mass is 32.2. The lowest BCUT2D eigenvalue weighted by Gasteiger charge is -2.10. The van der Waals surface area contributed by atoms with Gasteiger partial charge in [0.15, 0.2) is 0 Å². The zero-order chi connectivity index (χ0) is 19.0. The molecule has 26 heavy (non-hydrogen) atoms. The van der Waals surface area contributed by atoms with Gasteiger partial charge in [-0.05, 0) is 30.2 Å². The van der Waals surface area contributed by atoms with Crippen LogP contribution in [0.15, 0.2) is 53.4 Å². The molecular weight excluding hydrogens is 352 g/mol. The molecule has 6 nitrogen and oxygen atoms in total. The summed E-state index contributed by atoms with van der Waals surface area (Å²) in [5, 5.41) is 2.87. The number of hydrogen-bond acceptors (Lipinski definition) is 4. The Morgan fingerprint density at radius 3 is 2.42 bits per heavy atom. The fourth-order valence-corrected chi connectivity index (χ4v) is 3.54. The van der Waals surface area contributed by atoms with Crippen molar-refractivity contribution in [1.29, 1.82) is 0 Å². The number of aryl methyl sites for hydroxylation is 1. The number of methoxy groups -OCH3 is 1. The Morgan fingerprint density at radius 1 is 1.08 bits per heavy atom. The van der Waals surface area contributed by atoms with E-state index in [0.717, 1.165) is 16.9 Å². The summed E-state index contributed by atoms with van der Waals surface area (Å²) in [5.74, 6) is 0.672. The molecule has 2 N–H and O–H groups in total. The topological polar surface area (TPSA) is 84.5 Å². The van der Waals surface area contributed by atoms with Crippen molar-refractivity contribution in [2.45, 2.75) is 31.2 Å². The molecule has 0 aliphatic carbocycles. The molecule has 0 unspecified atom stereocenters. The Labute approximate surface area is 154 Å². The third-order valence-corrected chi connectivity index (χ3v) is 5.44. The lowest BCUT2D eigenvalue weighted by Crippen LogP contribution is -2.23. The van der Waals surface area contributed by atoms with Gasteiger partial charge >= 0.3 is 0 Å². The number of sulfonamides is 1. The Bertz CT molecular complexity index is 833.